The van der Waals surface area contributed by atoms with Crippen LogP contribution in [0, 0.1) is 7.14 Å². The lowest BCUT2D eigenvalue weighted by atomic mass is 9.96. The summed E-state index contributed by atoms with van der Waals surface area (Å²) in [5.41, 5.74) is 3.31. The molecule has 4 aromatic rings. The Morgan fingerprint density at radius 2 is 1.64 bits per heavy atom. The van der Waals surface area contributed by atoms with E-state index in [2.05, 4.69) is 50.2 Å². The summed E-state index contributed by atoms with van der Waals surface area (Å²) in [5, 5.41) is 0.434. The van der Waals surface area contributed by atoms with Gasteiger partial charge in [-0.1, -0.05) is 53.3 Å². The maximum absolute atomic E-state index is 14.0. The maximum Gasteiger partial charge on any atom is 0.338 e. The van der Waals surface area contributed by atoms with E-state index in [0.717, 1.165) is 24.0 Å². The van der Waals surface area contributed by atoms with Crippen LogP contribution in [0.15, 0.2) is 81.7 Å². The SMILES string of the molecule is CCOC(=O)C1=C(C)N=c2s/c(=C\c3cc(I)c(OCc4ccc(C(=O)OCC)cc4)c(I)c3)c(=O)n2[C@@H]1c1ccccc1Cl. The smallest absolute Gasteiger partial charge is 0.338 e. The lowest BCUT2D eigenvalue weighted by Gasteiger charge is -2.25. The molecule has 5 rings (SSSR count). The first-order valence-electron chi connectivity index (χ1n) is 13.9. The summed E-state index contributed by atoms with van der Waals surface area (Å²) in [4.78, 5) is 44.1. The van der Waals surface area contributed by atoms with Crippen molar-refractivity contribution in [3.63, 3.8) is 0 Å². The van der Waals surface area contributed by atoms with E-state index < -0.39 is 12.0 Å². The van der Waals surface area contributed by atoms with Crippen LogP contribution in [0.3, 0.4) is 0 Å². The van der Waals surface area contributed by atoms with E-state index in [9.17, 15) is 14.4 Å². The van der Waals surface area contributed by atoms with Crippen molar-refractivity contribution in [3.8, 4) is 5.75 Å². The minimum Gasteiger partial charge on any atom is -0.487 e. The average molecular weight is 869 g/mol. The average Bonchev–Trinajstić information content (AvgIpc) is 3.30. The highest BCUT2D eigenvalue weighted by molar-refractivity contribution is 14.1. The molecular formula is C33H27ClI2N2O6S. The van der Waals surface area contributed by atoms with E-state index in [0.29, 0.717) is 44.4 Å². The minimum atomic E-state index is -0.779. The zero-order valence-electron chi connectivity index (χ0n) is 24.4. The van der Waals surface area contributed by atoms with E-state index in [1.165, 1.54) is 15.9 Å². The molecule has 1 aromatic heterocycles. The fourth-order valence-corrected chi connectivity index (χ4v) is 8.26. The third kappa shape index (κ3) is 7.21. The number of benzene rings is 3. The number of fused-ring (bicyclic) bond motifs is 1. The molecule has 2 heterocycles. The van der Waals surface area contributed by atoms with Gasteiger partial charge in [-0.3, -0.25) is 9.36 Å². The van der Waals surface area contributed by atoms with Crippen LogP contribution in [0.1, 0.15) is 53.9 Å². The van der Waals surface area contributed by atoms with Crippen LogP contribution in [-0.4, -0.2) is 29.7 Å². The fourth-order valence-electron chi connectivity index (χ4n) is 4.84. The quantitative estimate of drug-likeness (QED) is 0.143. The highest BCUT2D eigenvalue weighted by Gasteiger charge is 2.34. The second kappa shape index (κ2) is 14.6. The molecule has 3 aromatic carbocycles. The summed E-state index contributed by atoms with van der Waals surface area (Å²) in [6.07, 6.45) is 1.82. The Morgan fingerprint density at radius 1 is 1.00 bits per heavy atom. The van der Waals surface area contributed by atoms with Crippen LogP contribution >= 0.6 is 68.1 Å². The summed E-state index contributed by atoms with van der Waals surface area (Å²) in [5.74, 6) is -0.170. The van der Waals surface area contributed by atoms with Gasteiger partial charge in [-0.2, -0.15) is 0 Å². The van der Waals surface area contributed by atoms with Crippen molar-refractivity contribution in [2.24, 2.45) is 4.99 Å². The monoisotopic (exact) mass is 868 g/mol. The first-order chi connectivity index (χ1) is 21.6. The molecule has 0 unspecified atom stereocenters. The number of rotatable bonds is 9. The van der Waals surface area contributed by atoms with Crippen LogP contribution in [0.4, 0.5) is 0 Å². The number of hydrogen-bond acceptors (Lipinski definition) is 8. The van der Waals surface area contributed by atoms with Crippen molar-refractivity contribution >= 4 is 86.1 Å². The molecule has 1 aliphatic heterocycles. The van der Waals surface area contributed by atoms with E-state index >= 15 is 0 Å². The molecule has 8 nitrogen and oxygen atoms in total. The van der Waals surface area contributed by atoms with Crippen LogP contribution in [0.2, 0.25) is 5.02 Å². The van der Waals surface area contributed by atoms with Crippen LogP contribution in [-0.2, 0) is 20.9 Å². The van der Waals surface area contributed by atoms with Gasteiger partial charge in [0.05, 0.1) is 41.7 Å². The van der Waals surface area contributed by atoms with E-state index in [-0.39, 0.29) is 23.7 Å². The number of carbonyl (C=O) groups is 2. The molecule has 232 valence electrons. The maximum atomic E-state index is 14.0. The molecule has 0 radical (unpaired) electrons. The molecule has 1 aliphatic rings. The molecule has 0 amide bonds. The standard InChI is InChI=1S/C33H27ClI2N2O6S/c1-4-42-31(40)21-12-10-19(11-13-21)17-44-29-24(35)14-20(15-25(29)36)16-26-30(39)38-28(22-8-6-7-9-23(22)34)27(32(41)43-5-2)18(3)37-33(38)45-26/h6-16,28H,4-5,17H2,1-3H3/b26-16-/t28-/m1/s1. The molecule has 0 saturated carbocycles. The molecular weight excluding hydrogens is 842 g/mol. The molecule has 0 fully saturated rings. The Hall–Kier alpha value is -3.01. The summed E-state index contributed by atoms with van der Waals surface area (Å²) >= 11 is 12.3. The zero-order valence-corrected chi connectivity index (χ0v) is 30.3. The van der Waals surface area contributed by atoms with E-state index in [1.807, 2.05) is 36.4 Å². The van der Waals surface area contributed by atoms with Crippen molar-refractivity contribution in [2.45, 2.75) is 33.4 Å². The number of aromatic nitrogens is 1. The van der Waals surface area contributed by atoms with E-state index in [4.69, 9.17) is 25.8 Å². The second-order valence-corrected chi connectivity index (χ2v) is 13.6. The summed E-state index contributed by atoms with van der Waals surface area (Å²) in [6.45, 7) is 6.07. The highest BCUT2D eigenvalue weighted by Crippen LogP contribution is 2.34. The van der Waals surface area contributed by atoms with Gasteiger partial charge in [0.2, 0.25) is 0 Å². The number of nitrogens with zero attached hydrogens (tertiary/aromatic N) is 2. The van der Waals surface area contributed by atoms with E-state index in [1.54, 1.807) is 51.1 Å². The third-order valence-corrected chi connectivity index (χ3v) is 9.81. The minimum absolute atomic E-state index is 0.189. The third-order valence-electron chi connectivity index (χ3n) is 6.88. The lowest BCUT2D eigenvalue weighted by molar-refractivity contribution is -0.139. The Morgan fingerprint density at radius 3 is 2.29 bits per heavy atom. The van der Waals surface area contributed by atoms with Crippen molar-refractivity contribution in [2.75, 3.05) is 13.2 Å². The number of ether oxygens (including phenoxy) is 3. The lowest BCUT2D eigenvalue weighted by Crippen LogP contribution is -2.40. The Kier molecular flexibility index (Phi) is 10.8. The van der Waals surface area contributed by atoms with Gasteiger partial charge >= 0.3 is 11.9 Å². The van der Waals surface area contributed by atoms with Crippen LogP contribution in [0.25, 0.3) is 6.08 Å². The second-order valence-electron chi connectivity index (χ2n) is 9.84. The number of allylic oxidation sites excluding steroid dienone is 1. The number of esters is 2. The molecule has 0 aliphatic carbocycles. The molecule has 12 heteroatoms. The summed E-state index contributed by atoms with van der Waals surface area (Å²) < 4.78 is 20.3. The number of hydrogen-bond donors (Lipinski definition) is 0. The van der Waals surface area contributed by atoms with Gasteiger partial charge in [0.25, 0.3) is 5.56 Å². The van der Waals surface area contributed by atoms with Gasteiger partial charge in [-0.25, -0.2) is 14.6 Å². The van der Waals surface area contributed by atoms with Gasteiger partial charge in [0, 0.05) is 5.02 Å². The molecule has 0 saturated heterocycles. The number of halogens is 3. The normalized spacial score (nSPS) is 14.5. The number of thiazole rings is 1. The first kappa shape index (κ1) is 33.4. The zero-order chi connectivity index (χ0) is 32.2. The summed E-state index contributed by atoms with van der Waals surface area (Å²) in [6, 6.07) is 17.4. The summed E-state index contributed by atoms with van der Waals surface area (Å²) in [7, 11) is 0. The molecule has 45 heavy (non-hydrogen) atoms. The van der Waals surface area contributed by atoms with Gasteiger partial charge < -0.3 is 14.2 Å². The Balaban J connectivity index is 1.47. The first-order valence-corrected chi connectivity index (χ1v) is 17.3. The van der Waals surface area contributed by atoms with Crippen molar-refractivity contribution < 1.29 is 23.8 Å². The highest BCUT2D eigenvalue weighted by atomic mass is 127. The fraction of sp³-hybridized carbons (Fsp3) is 0.212. The van der Waals surface area contributed by atoms with Crippen molar-refractivity contribution in [3.05, 3.63) is 126 Å². The molecule has 0 bridgehead atoms. The molecule has 0 spiro atoms. The van der Waals surface area contributed by atoms with Gasteiger partial charge in [0.1, 0.15) is 18.4 Å². The molecule has 1 atom stereocenters. The van der Waals surface area contributed by atoms with Gasteiger partial charge in [-0.05, 0) is 119 Å². The van der Waals surface area contributed by atoms with Crippen LogP contribution in [0.5, 0.6) is 5.75 Å². The predicted octanol–water partition coefficient (Wildman–Crippen LogP) is 6.42. The Bertz CT molecular complexity index is 1980. The topological polar surface area (TPSA) is 96.2 Å². The van der Waals surface area contributed by atoms with Crippen molar-refractivity contribution in [1.29, 1.82) is 0 Å². The number of carbonyl (C=O) groups excluding carboxylic acids is 2. The van der Waals surface area contributed by atoms with Crippen LogP contribution < -0.4 is 19.6 Å². The predicted molar refractivity (Wildman–Crippen MR) is 190 cm³/mol. The van der Waals surface area contributed by atoms with Crippen molar-refractivity contribution in [1.82, 2.24) is 4.57 Å². The Labute approximate surface area is 295 Å². The van der Waals surface area contributed by atoms with Gasteiger partial charge in [0.15, 0.2) is 4.80 Å². The molecule has 0 N–H and O–H groups in total. The van der Waals surface area contributed by atoms with Gasteiger partial charge in [-0.15, -0.1) is 0 Å². The largest absolute Gasteiger partial charge is 0.487 e.